The highest BCUT2D eigenvalue weighted by molar-refractivity contribution is 14.0. The molecule has 0 saturated carbocycles. The summed E-state index contributed by atoms with van der Waals surface area (Å²) < 4.78 is 42.6. The van der Waals surface area contributed by atoms with Gasteiger partial charge in [-0.25, -0.2) is 4.99 Å². The van der Waals surface area contributed by atoms with Crippen molar-refractivity contribution in [3.05, 3.63) is 0 Å². The molecule has 0 radical (unpaired) electrons. The number of guanidine groups is 1. The van der Waals surface area contributed by atoms with Gasteiger partial charge >= 0.3 is 6.18 Å². The first-order valence-corrected chi connectivity index (χ1v) is 9.77. The number of halogens is 4. The fraction of sp³-hybridized carbons (Fsp3) is 0.889. The number of amides is 1. The minimum absolute atomic E-state index is 0. The van der Waals surface area contributed by atoms with E-state index >= 15 is 0 Å². The molecule has 1 heterocycles. The summed E-state index contributed by atoms with van der Waals surface area (Å²) in [6, 6.07) is 0.288. The monoisotopic (exact) mass is 537 g/mol. The molecule has 1 unspecified atom stereocenters. The van der Waals surface area contributed by atoms with Gasteiger partial charge in [0.25, 0.3) is 0 Å². The van der Waals surface area contributed by atoms with Crippen LogP contribution in [0.3, 0.4) is 0 Å². The molecule has 1 rings (SSSR count). The smallest absolute Gasteiger partial charge is 0.379 e. The van der Waals surface area contributed by atoms with Crippen molar-refractivity contribution < 1.29 is 22.7 Å². The first-order valence-electron chi connectivity index (χ1n) is 9.77. The van der Waals surface area contributed by atoms with E-state index in [9.17, 15) is 18.0 Å². The van der Waals surface area contributed by atoms with Crippen molar-refractivity contribution in [2.45, 2.75) is 39.4 Å². The lowest BCUT2D eigenvalue weighted by Crippen LogP contribution is -2.51. The number of ether oxygens (including phenoxy) is 1. The Kier molecular flexibility index (Phi) is 13.8. The van der Waals surface area contributed by atoms with Crippen molar-refractivity contribution in [1.29, 1.82) is 0 Å². The Hall–Kier alpha value is -0.820. The number of alkyl halides is 3. The summed E-state index contributed by atoms with van der Waals surface area (Å²) >= 11 is 0. The molecule has 0 aromatic rings. The topological polar surface area (TPSA) is 69.2 Å². The molecule has 172 valence electrons. The number of morpholine rings is 1. The van der Waals surface area contributed by atoms with Gasteiger partial charge in [0.05, 0.1) is 13.2 Å². The second-order valence-electron chi connectivity index (χ2n) is 7.37. The van der Waals surface area contributed by atoms with Gasteiger partial charge in [-0.1, -0.05) is 13.8 Å². The highest BCUT2D eigenvalue weighted by Crippen LogP contribution is 2.15. The van der Waals surface area contributed by atoms with Gasteiger partial charge in [0.15, 0.2) is 5.96 Å². The highest BCUT2D eigenvalue weighted by Gasteiger charge is 2.31. The van der Waals surface area contributed by atoms with Crippen molar-refractivity contribution >= 4 is 35.8 Å². The highest BCUT2D eigenvalue weighted by atomic mass is 127. The molecule has 1 aliphatic heterocycles. The number of likely N-dealkylation sites (N-methyl/N-ethyl adjacent to an activating group) is 1. The number of hydrogen-bond acceptors (Lipinski definition) is 4. The van der Waals surface area contributed by atoms with Crippen LogP contribution in [0.15, 0.2) is 4.99 Å². The van der Waals surface area contributed by atoms with Crippen LogP contribution in [0.25, 0.3) is 0 Å². The number of aliphatic imine (C=N–C) groups is 1. The minimum Gasteiger partial charge on any atom is -0.379 e. The van der Waals surface area contributed by atoms with E-state index in [0.29, 0.717) is 43.1 Å². The molecule has 1 aliphatic rings. The summed E-state index contributed by atoms with van der Waals surface area (Å²) in [5, 5.41) is 6.27. The van der Waals surface area contributed by atoms with Crippen LogP contribution in [0.2, 0.25) is 0 Å². The van der Waals surface area contributed by atoms with Crippen LogP contribution < -0.4 is 10.6 Å². The van der Waals surface area contributed by atoms with Crippen molar-refractivity contribution in [1.82, 2.24) is 20.4 Å². The maximum Gasteiger partial charge on any atom is 0.406 e. The predicted octanol–water partition coefficient (Wildman–Crippen LogP) is 1.93. The minimum atomic E-state index is -4.42. The summed E-state index contributed by atoms with van der Waals surface area (Å²) in [5.74, 6) is 0.270. The lowest BCUT2D eigenvalue weighted by molar-refractivity contribution is -0.157. The van der Waals surface area contributed by atoms with Crippen LogP contribution in [0.4, 0.5) is 13.2 Å². The van der Waals surface area contributed by atoms with Crippen molar-refractivity contribution in [2.24, 2.45) is 10.9 Å². The predicted molar refractivity (Wildman–Crippen MR) is 119 cm³/mol. The molecule has 0 spiro atoms. The largest absolute Gasteiger partial charge is 0.406 e. The quantitative estimate of drug-likeness (QED) is 0.268. The molecule has 1 saturated heterocycles. The Morgan fingerprint density at radius 1 is 1.24 bits per heavy atom. The summed E-state index contributed by atoms with van der Waals surface area (Å²) in [7, 11) is 1.13. The van der Waals surface area contributed by atoms with Gasteiger partial charge in [-0.2, -0.15) is 13.2 Å². The number of carbonyl (C=O) groups is 1. The number of nitrogens with one attached hydrogen (secondary N) is 2. The van der Waals surface area contributed by atoms with E-state index in [1.54, 1.807) is 0 Å². The van der Waals surface area contributed by atoms with Gasteiger partial charge in [-0.3, -0.25) is 9.69 Å². The Morgan fingerprint density at radius 2 is 1.86 bits per heavy atom. The third-order valence-corrected chi connectivity index (χ3v) is 4.37. The molecule has 1 fully saturated rings. The number of nitrogens with zero attached hydrogens (tertiary/aromatic N) is 3. The van der Waals surface area contributed by atoms with E-state index in [1.807, 2.05) is 6.92 Å². The van der Waals surface area contributed by atoms with Crippen LogP contribution in [-0.4, -0.2) is 93.4 Å². The molecule has 7 nitrogen and oxygen atoms in total. The maximum absolute atomic E-state index is 12.4. The maximum atomic E-state index is 12.4. The van der Waals surface area contributed by atoms with Crippen LogP contribution >= 0.6 is 24.0 Å². The van der Waals surface area contributed by atoms with E-state index in [0.717, 1.165) is 26.6 Å². The number of hydrogen-bond donors (Lipinski definition) is 2. The van der Waals surface area contributed by atoms with Gasteiger partial charge in [-0.05, 0) is 19.3 Å². The van der Waals surface area contributed by atoms with E-state index in [2.05, 4.69) is 34.4 Å². The zero-order valence-electron chi connectivity index (χ0n) is 17.7. The zero-order valence-corrected chi connectivity index (χ0v) is 20.0. The average molecular weight is 537 g/mol. The third kappa shape index (κ3) is 12.5. The van der Waals surface area contributed by atoms with Crippen molar-refractivity contribution in [3.63, 3.8) is 0 Å². The normalized spacial score (nSPS) is 16.9. The average Bonchev–Trinajstić information content (AvgIpc) is 2.61. The molecular formula is C18H35F3IN5O2. The van der Waals surface area contributed by atoms with Gasteiger partial charge in [-0.15, -0.1) is 24.0 Å². The molecule has 1 amide bonds. The van der Waals surface area contributed by atoms with Crippen LogP contribution in [0, 0.1) is 5.92 Å². The van der Waals surface area contributed by atoms with Gasteiger partial charge in [0, 0.05) is 39.3 Å². The zero-order chi connectivity index (χ0) is 21.2. The van der Waals surface area contributed by atoms with Gasteiger partial charge < -0.3 is 20.3 Å². The Bertz CT molecular complexity index is 500. The van der Waals surface area contributed by atoms with Crippen LogP contribution in [0.5, 0.6) is 0 Å². The number of carbonyl (C=O) groups excluding carboxylic acids is 1. The SMILES string of the molecule is CCNC(=NCC(=O)N(C)CC(F)(F)F)NCC(CC(C)C)N1CCOCC1.I. The van der Waals surface area contributed by atoms with Crippen LogP contribution in [0.1, 0.15) is 27.2 Å². The van der Waals surface area contributed by atoms with E-state index < -0.39 is 18.6 Å². The van der Waals surface area contributed by atoms with Crippen molar-refractivity contribution in [2.75, 3.05) is 59.5 Å². The fourth-order valence-corrected chi connectivity index (χ4v) is 3.03. The molecule has 1 atom stereocenters. The second kappa shape index (κ2) is 14.2. The Morgan fingerprint density at radius 3 is 2.38 bits per heavy atom. The van der Waals surface area contributed by atoms with Gasteiger partial charge in [0.2, 0.25) is 5.91 Å². The molecular weight excluding hydrogens is 502 g/mol. The summed E-state index contributed by atoms with van der Waals surface area (Å²) in [6.45, 7) is 8.99. The molecule has 29 heavy (non-hydrogen) atoms. The van der Waals surface area contributed by atoms with E-state index in [1.165, 1.54) is 0 Å². The summed E-state index contributed by atoms with van der Waals surface area (Å²) in [5.41, 5.74) is 0. The Balaban J connectivity index is 0.00000784. The van der Waals surface area contributed by atoms with Crippen LogP contribution in [-0.2, 0) is 9.53 Å². The summed E-state index contributed by atoms with van der Waals surface area (Å²) in [6.07, 6.45) is -3.42. The first kappa shape index (κ1) is 28.2. The standard InChI is InChI=1S/C18H34F3N5O2.HI/c1-5-22-17(24-12-16(27)25(4)13-18(19,20)21)23-11-15(10-14(2)3)26-6-8-28-9-7-26;/h14-15H,5-13H2,1-4H3,(H2,22,23,24);1H. The lowest BCUT2D eigenvalue weighted by atomic mass is 10.0. The van der Waals surface area contributed by atoms with E-state index in [-0.39, 0.29) is 36.6 Å². The molecule has 0 aromatic heterocycles. The molecule has 0 aliphatic carbocycles. The number of rotatable bonds is 9. The Labute approximate surface area is 188 Å². The first-order chi connectivity index (χ1) is 13.1. The van der Waals surface area contributed by atoms with Gasteiger partial charge in [0.1, 0.15) is 13.1 Å². The van der Waals surface area contributed by atoms with Crippen molar-refractivity contribution in [3.8, 4) is 0 Å². The summed E-state index contributed by atoms with van der Waals surface area (Å²) in [4.78, 5) is 19.1. The molecule has 0 bridgehead atoms. The third-order valence-electron chi connectivity index (χ3n) is 4.37. The molecule has 0 aromatic carbocycles. The molecule has 2 N–H and O–H groups in total. The lowest BCUT2D eigenvalue weighted by Gasteiger charge is -2.35. The molecule has 11 heteroatoms. The second-order valence-corrected chi connectivity index (χ2v) is 7.37. The fourth-order valence-electron chi connectivity index (χ4n) is 3.03. The van der Waals surface area contributed by atoms with E-state index in [4.69, 9.17) is 4.74 Å².